The summed E-state index contributed by atoms with van der Waals surface area (Å²) in [6.45, 7) is 2.14. The first-order valence-electron chi connectivity index (χ1n) is 5.10. The number of hydrogen-bond acceptors (Lipinski definition) is 2. The van der Waals surface area contributed by atoms with Crippen LogP contribution in [0.4, 0.5) is 5.82 Å². The molecule has 0 aliphatic carbocycles. The van der Waals surface area contributed by atoms with Crippen LogP contribution in [0.3, 0.4) is 0 Å². The average Bonchev–Trinajstić information content (AvgIpc) is 2.66. The van der Waals surface area contributed by atoms with Crippen LogP contribution < -0.4 is 5.73 Å². The van der Waals surface area contributed by atoms with E-state index in [1.165, 1.54) is 5.56 Å². The van der Waals surface area contributed by atoms with Crippen molar-refractivity contribution in [3.05, 3.63) is 48.2 Å². The fourth-order valence-corrected chi connectivity index (χ4v) is 1.65. The van der Waals surface area contributed by atoms with Gasteiger partial charge in [-0.25, -0.2) is 0 Å². The molecule has 0 bridgehead atoms. The molecule has 0 aliphatic rings. The molecule has 0 aliphatic heterocycles. The van der Waals surface area contributed by atoms with Crippen molar-refractivity contribution < 1.29 is 0 Å². The first-order valence-corrected chi connectivity index (χ1v) is 5.10. The summed E-state index contributed by atoms with van der Waals surface area (Å²) in [5.41, 5.74) is 6.90. The Labute approximate surface area is 89.5 Å². The molecule has 0 amide bonds. The van der Waals surface area contributed by atoms with Crippen LogP contribution in [0.15, 0.2) is 42.6 Å². The van der Waals surface area contributed by atoms with Gasteiger partial charge in [-0.3, -0.25) is 4.68 Å². The van der Waals surface area contributed by atoms with E-state index < -0.39 is 0 Å². The van der Waals surface area contributed by atoms with E-state index in [9.17, 15) is 0 Å². The molecular formula is C12H15N3. The minimum absolute atomic E-state index is 0.338. The van der Waals surface area contributed by atoms with Crippen molar-refractivity contribution in [3.8, 4) is 0 Å². The van der Waals surface area contributed by atoms with Crippen molar-refractivity contribution in [1.29, 1.82) is 0 Å². The van der Waals surface area contributed by atoms with Crippen LogP contribution in [0, 0.1) is 0 Å². The zero-order valence-electron chi connectivity index (χ0n) is 8.80. The molecule has 2 rings (SSSR count). The smallest absolute Gasteiger partial charge is 0.145 e. The van der Waals surface area contributed by atoms with Gasteiger partial charge in [-0.2, -0.15) is 5.10 Å². The summed E-state index contributed by atoms with van der Waals surface area (Å²) in [5, 5.41) is 4.20. The first-order chi connectivity index (χ1) is 7.25. The molecule has 2 aromatic rings. The van der Waals surface area contributed by atoms with Crippen molar-refractivity contribution >= 4 is 5.82 Å². The second-order valence-electron chi connectivity index (χ2n) is 3.76. The van der Waals surface area contributed by atoms with Gasteiger partial charge in [0.15, 0.2) is 0 Å². The number of nitrogens with two attached hydrogens (primary N) is 1. The van der Waals surface area contributed by atoms with E-state index in [0.29, 0.717) is 11.9 Å². The van der Waals surface area contributed by atoms with Crippen molar-refractivity contribution in [1.82, 2.24) is 9.78 Å². The molecule has 1 atom stereocenters. The Morgan fingerprint density at radius 2 is 2.00 bits per heavy atom. The summed E-state index contributed by atoms with van der Waals surface area (Å²) in [6.07, 6.45) is 2.89. The monoisotopic (exact) mass is 201 g/mol. The predicted molar refractivity (Wildman–Crippen MR) is 61.5 cm³/mol. The Kier molecular flexibility index (Phi) is 2.72. The van der Waals surface area contributed by atoms with Gasteiger partial charge in [0, 0.05) is 6.20 Å². The largest absolute Gasteiger partial charge is 0.382 e. The van der Waals surface area contributed by atoms with E-state index >= 15 is 0 Å². The highest BCUT2D eigenvalue weighted by atomic mass is 15.3. The Morgan fingerprint density at radius 1 is 1.27 bits per heavy atom. The van der Waals surface area contributed by atoms with E-state index in [1.807, 2.05) is 23.0 Å². The molecule has 0 saturated carbocycles. The fourth-order valence-electron chi connectivity index (χ4n) is 1.65. The highest BCUT2D eigenvalue weighted by Gasteiger charge is 2.06. The van der Waals surface area contributed by atoms with Gasteiger partial charge in [-0.15, -0.1) is 0 Å². The Balaban J connectivity index is 2.07. The molecule has 3 heteroatoms. The zero-order valence-corrected chi connectivity index (χ0v) is 8.80. The summed E-state index contributed by atoms with van der Waals surface area (Å²) in [5.74, 6) is 0.579. The van der Waals surface area contributed by atoms with Crippen LogP contribution in [0.2, 0.25) is 0 Å². The molecular weight excluding hydrogens is 186 g/mol. The van der Waals surface area contributed by atoms with Gasteiger partial charge in [-0.05, 0) is 25.0 Å². The van der Waals surface area contributed by atoms with Crippen LogP contribution in [0.1, 0.15) is 18.5 Å². The number of hydrogen-bond donors (Lipinski definition) is 1. The quantitative estimate of drug-likeness (QED) is 0.827. The Morgan fingerprint density at radius 3 is 2.60 bits per heavy atom. The van der Waals surface area contributed by atoms with Gasteiger partial charge in [0.25, 0.3) is 0 Å². The summed E-state index contributed by atoms with van der Waals surface area (Å²) < 4.78 is 1.91. The fraction of sp³-hybridized carbons (Fsp3) is 0.250. The molecule has 1 unspecified atom stereocenters. The molecule has 0 fully saturated rings. The topological polar surface area (TPSA) is 43.8 Å². The maximum absolute atomic E-state index is 5.58. The lowest BCUT2D eigenvalue weighted by Gasteiger charge is -2.11. The molecule has 0 radical (unpaired) electrons. The summed E-state index contributed by atoms with van der Waals surface area (Å²) in [4.78, 5) is 0. The van der Waals surface area contributed by atoms with E-state index in [4.69, 9.17) is 5.73 Å². The Hall–Kier alpha value is -1.77. The van der Waals surface area contributed by atoms with Gasteiger partial charge in [0.1, 0.15) is 5.82 Å². The highest BCUT2D eigenvalue weighted by Crippen LogP contribution is 2.13. The van der Waals surface area contributed by atoms with E-state index in [-0.39, 0.29) is 0 Å². The second-order valence-corrected chi connectivity index (χ2v) is 3.76. The van der Waals surface area contributed by atoms with Crippen molar-refractivity contribution in [2.75, 3.05) is 5.73 Å². The number of aromatic nitrogens is 2. The molecule has 1 aromatic carbocycles. The molecule has 15 heavy (non-hydrogen) atoms. The molecule has 2 N–H and O–H groups in total. The Bertz CT molecular complexity index is 419. The zero-order chi connectivity index (χ0) is 10.7. The van der Waals surface area contributed by atoms with Gasteiger partial charge in [0.2, 0.25) is 0 Å². The molecule has 1 heterocycles. The van der Waals surface area contributed by atoms with Crippen molar-refractivity contribution in [3.63, 3.8) is 0 Å². The number of rotatable bonds is 3. The number of nitrogen functional groups attached to an aromatic ring is 1. The predicted octanol–water partition coefficient (Wildman–Crippen LogP) is 2.27. The van der Waals surface area contributed by atoms with E-state index in [2.05, 4.69) is 36.3 Å². The van der Waals surface area contributed by atoms with Gasteiger partial charge >= 0.3 is 0 Å². The number of anilines is 1. The number of benzene rings is 1. The highest BCUT2D eigenvalue weighted by molar-refractivity contribution is 5.24. The first kappa shape index (κ1) is 9.77. The standard InChI is InChI=1S/C12H15N3/c1-10(15-8-7-12(13)14-15)9-11-5-3-2-4-6-11/h2-8,10H,9H2,1H3,(H2,13,14). The lowest BCUT2D eigenvalue weighted by atomic mass is 10.1. The van der Waals surface area contributed by atoms with Crippen LogP contribution in [-0.4, -0.2) is 9.78 Å². The van der Waals surface area contributed by atoms with Crippen LogP contribution in [0.25, 0.3) is 0 Å². The van der Waals surface area contributed by atoms with Crippen LogP contribution in [-0.2, 0) is 6.42 Å². The van der Waals surface area contributed by atoms with Gasteiger partial charge in [-0.1, -0.05) is 30.3 Å². The molecule has 0 saturated heterocycles. The van der Waals surface area contributed by atoms with Crippen molar-refractivity contribution in [2.24, 2.45) is 0 Å². The second kappa shape index (κ2) is 4.17. The van der Waals surface area contributed by atoms with Crippen LogP contribution in [0.5, 0.6) is 0 Å². The van der Waals surface area contributed by atoms with E-state index in [1.54, 1.807) is 0 Å². The summed E-state index contributed by atoms with van der Waals surface area (Å²) in [6, 6.07) is 12.6. The normalized spacial score (nSPS) is 12.6. The molecule has 0 spiro atoms. The summed E-state index contributed by atoms with van der Waals surface area (Å²) >= 11 is 0. The minimum Gasteiger partial charge on any atom is -0.382 e. The van der Waals surface area contributed by atoms with Crippen molar-refractivity contribution in [2.45, 2.75) is 19.4 Å². The third-order valence-electron chi connectivity index (χ3n) is 2.45. The van der Waals surface area contributed by atoms with Gasteiger partial charge in [0.05, 0.1) is 6.04 Å². The lowest BCUT2D eigenvalue weighted by molar-refractivity contribution is 0.490. The maximum atomic E-state index is 5.58. The SMILES string of the molecule is CC(Cc1ccccc1)n1ccc(N)n1. The lowest BCUT2D eigenvalue weighted by Crippen LogP contribution is -2.09. The number of nitrogens with zero attached hydrogens (tertiary/aromatic N) is 2. The minimum atomic E-state index is 0.338. The third-order valence-corrected chi connectivity index (χ3v) is 2.45. The molecule has 1 aromatic heterocycles. The average molecular weight is 201 g/mol. The third kappa shape index (κ3) is 2.37. The molecule has 3 nitrogen and oxygen atoms in total. The maximum Gasteiger partial charge on any atom is 0.145 e. The van der Waals surface area contributed by atoms with Crippen LogP contribution >= 0.6 is 0 Å². The van der Waals surface area contributed by atoms with Gasteiger partial charge < -0.3 is 5.73 Å². The van der Waals surface area contributed by atoms with E-state index in [0.717, 1.165) is 6.42 Å². The molecule has 78 valence electrons. The summed E-state index contributed by atoms with van der Waals surface area (Å²) in [7, 11) is 0.